The summed E-state index contributed by atoms with van der Waals surface area (Å²) in [7, 11) is 1.21. The average Bonchev–Trinajstić information content (AvgIpc) is 2.94. The summed E-state index contributed by atoms with van der Waals surface area (Å²) >= 11 is 0. The molecule has 0 saturated carbocycles. The lowest BCUT2D eigenvalue weighted by Crippen LogP contribution is -2.53. The van der Waals surface area contributed by atoms with Gasteiger partial charge >= 0.3 is 24.3 Å². The number of aliphatic carboxylic acids is 3. The predicted molar refractivity (Wildman–Crippen MR) is 141 cm³/mol. The molecule has 0 bridgehead atoms. The van der Waals surface area contributed by atoms with Gasteiger partial charge in [0.1, 0.15) is 11.8 Å². The van der Waals surface area contributed by atoms with Crippen molar-refractivity contribution in [2.45, 2.75) is 24.8 Å². The van der Waals surface area contributed by atoms with Crippen LogP contribution in [0.1, 0.15) is 5.56 Å². The van der Waals surface area contributed by atoms with Crippen LogP contribution in [0, 0.1) is 0 Å². The highest BCUT2D eigenvalue weighted by atomic mass is 19.3. The summed E-state index contributed by atoms with van der Waals surface area (Å²) in [5.41, 5.74) is 0.465. The van der Waals surface area contributed by atoms with Crippen molar-refractivity contribution in [2.24, 2.45) is 0 Å². The van der Waals surface area contributed by atoms with Crippen LogP contribution in [0.4, 0.5) is 17.6 Å². The maximum absolute atomic E-state index is 13.2. The lowest BCUT2D eigenvalue weighted by atomic mass is 10.0. The van der Waals surface area contributed by atoms with Gasteiger partial charge in [-0.3, -0.25) is 29.2 Å². The lowest BCUT2D eigenvalue weighted by molar-refractivity contribution is -0.308. The molecule has 0 aliphatic carbocycles. The fourth-order valence-electron chi connectivity index (χ4n) is 4.51. The molecule has 1 N–H and O–H groups in total. The maximum Gasteiger partial charge on any atom is 0.340 e. The van der Waals surface area contributed by atoms with Crippen molar-refractivity contribution in [3.63, 3.8) is 0 Å². The van der Waals surface area contributed by atoms with Crippen LogP contribution in [-0.4, -0.2) is 153 Å². The minimum absolute atomic E-state index is 0.0698. The summed E-state index contributed by atoms with van der Waals surface area (Å²) in [6.07, 6.45) is -3.97. The first-order chi connectivity index (χ1) is 20.7. The number of nitrogens with zero attached hydrogens (tertiary/aromatic N) is 4. The number of carboxylic acids is 3. The second-order valence-electron chi connectivity index (χ2n) is 10.2. The molecule has 0 spiro atoms. The summed E-state index contributed by atoms with van der Waals surface area (Å²) in [5.74, 6) is -8.92. The van der Waals surface area contributed by atoms with Crippen molar-refractivity contribution in [2.75, 3.05) is 85.7 Å². The Morgan fingerprint density at radius 2 is 1.30 bits per heavy atom. The zero-order valence-electron chi connectivity index (χ0n) is 24.2. The third-order valence-electron chi connectivity index (χ3n) is 6.99. The lowest BCUT2D eigenvalue weighted by Gasteiger charge is -2.36. The SMILES string of the molecule is COC(=O)CN1CCN(CC(=O)[O-])CCN(CC(=O)[O-])CCN(C(Cc2ccc(OCC(F)(F)C(F)F)cc2)C(=O)O)CC1. The summed E-state index contributed by atoms with van der Waals surface area (Å²) in [4.78, 5) is 53.5. The highest BCUT2D eigenvalue weighted by Gasteiger charge is 2.41. The van der Waals surface area contributed by atoms with E-state index in [-0.39, 0.29) is 71.1 Å². The van der Waals surface area contributed by atoms with E-state index in [1.807, 2.05) is 0 Å². The third kappa shape index (κ3) is 13.0. The molecular formula is C27H36F4N4O9-2. The minimum Gasteiger partial charge on any atom is -0.549 e. The Hall–Kier alpha value is -3.54. The number of alkyl halides is 4. The molecule has 0 amide bonds. The second-order valence-corrected chi connectivity index (χ2v) is 10.2. The number of methoxy groups -OCH3 is 1. The highest BCUT2D eigenvalue weighted by molar-refractivity contribution is 5.74. The Bertz CT molecular complexity index is 1100. The number of carbonyl (C=O) groups excluding carboxylic acids is 3. The van der Waals surface area contributed by atoms with Gasteiger partial charge in [-0.1, -0.05) is 12.1 Å². The van der Waals surface area contributed by atoms with Gasteiger partial charge < -0.3 is 34.4 Å². The normalized spacial score (nSPS) is 17.8. The first kappa shape index (κ1) is 36.7. The molecule has 1 unspecified atom stereocenters. The Morgan fingerprint density at radius 1 is 0.841 bits per heavy atom. The van der Waals surface area contributed by atoms with Gasteiger partial charge in [0, 0.05) is 65.4 Å². The number of carbonyl (C=O) groups is 4. The quantitative estimate of drug-likeness (QED) is 0.174. The van der Waals surface area contributed by atoms with Crippen molar-refractivity contribution in [3.05, 3.63) is 29.8 Å². The molecular weight excluding hydrogens is 600 g/mol. The summed E-state index contributed by atoms with van der Waals surface area (Å²) in [6, 6.07) is 4.20. The largest absolute Gasteiger partial charge is 0.549 e. The van der Waals surface area contributed by atoms with Crippen LogP contribution in [0.25, 0.3) is 0 Å². The summed E-state index contributed by atoms with van der Waals surface area (Å²) in [6.45, 7) is -1.49. The van der Waals surface area contributed by atoms with Gasteiger partial charge in [0.15, 0.2) is 6.61 Å². The molecule has 17 heteroatoms. The molecule has 1 aliphatic rings. The Labute approximate surface area is 251 Å². The van der Waals surface area contributed by atoms with E-state index in [1.165, 1.54) is 36.3 Å². The van der Waals surface area contributed by atoms with E-state index in [0.717, 1.165) is 0 Å². The molecule has 1 aromatic carbocycles. The minimum atomic E-state index is -4.34. The van der Waals surface area contributed by atoms with Gasteiger partial charge in [0.25, 0.3) is 0 Å². The number of hydrogen-bond acceptors (Lipinski definition) is 12. The molecule has 0 radical (unpaired) electrons. The fraction of sp³-hybridized carbons (Fsp3) is 0.630. The summed E-state index contributed by atoms with van der Waals surface area (Å²) < 4.78 is 60.7. The van der Waals surface area contributed by atoms with Crippen molar-refractivity contribution in [1.82, 2.24) is 19.6 Å². The Kier molecular flexibility index (Phi) is 14.7. The molecule has 44 heavy (non-hydrogen) atoms. The smallest absolute Gasteiger partial charge is 0.340 e. The number of rotatable bonds is 14. The molecule has 13 nitrogen and oxygen atoms in total. The molecule has 2 rings (SSSR count). The van der Waals surface area contributed by atoms with E-state index in [2.05, 4.69) is 0 Å². The van der Waals surface area contributed by atoms with Crippen molar-refractivity contribution < 1.29 is 61.5 Å². The van der Waals surface area contributed by atoms with Crippen LogP contribution in [0.3, 0.4) is 0 Å². The van der Waals surface area contributed by atoms with E-state index in [1.54, 1.807) is 14.7 Å². The number of halogens is 4. The number of benzene rings is 1. The van der Waals surface area contributed by atoms with Gasteiger partial charge in [0.2, 0.25) is 0 Å². The highest BCUT2D eigenvalue weighted by Crippen LogP contribution is 2.25. The monoisotopic (exact) mass is 636 g/mol. The van der Waals surface area contributed by atoms with E-state index >= 15 is 0 Å². The maximum atomic E-state index is 13.2. The molecule has 1 aromatic rings. The molecule has 1 aliphatic heterocycles. The van der Waals surface area contributed by atoms with Crippen LogP contribution < -0.4 is 14.9 Å². The summed E-state index contributed by atoms with van der Waals surface area (Å²) in [5, 5.41) is 32.8. The molecule has 1 fully saturated rings. The van der Waals surface area contributed by atoms with Crippen LogP contribution in [0.5, 0.6) is 5.75 Å². The van der Waals surface area contributed by atoms with Crippen LogP contribution in [0.2, 0.25) is 0 Å². The molecule has 1 saturated heterocycles. The first-order valence-corrected chi connectivity index (χ1v) is 13.7. The number of ether oxygens (including phenoxy) is 2. The van der Waals surface area contributed by atoms with E-state index < -0.39 is 62.0 Å². The topological polar surface area (TPSA) is 166 Å². The first-order valence-electron chi connectivity index (χ1n) is 13.7. The number of esters is 1. The van der Waals surface area contributed by atoms with Crippen molar-refractivity contribution in [3.8, 4) is 5.75 Å². The van der Waals surface area contributed by atoms with E-state index in [0.29, 0.717) is 5.56 Å². The van der Waals surface area contributed by atoms with Crippen LogP contribution >= 0.6 is 0 Å². The Balaban J connectivity index is 2.26. The molecule has 1 atom stereocenters. The van der Waals surface area contributed by atoms with Crippen LogP contribution in [-0.2, 0) is 30.3 Å². The van der Waals surface area contributed by atoms with Gasteiger partial charge in [0.05, 0.1) is 25.6 Å². The molecule has 0 aromatic heterocycles. The van der Waals surface area contributed by atoms with Gasteiger partial charge in [-0.25, -0.2) is 8.78 Å². The van der Waals surface area contributed by atoms with E-state index in [9.17, 15) is 52.1 Å². The predicted octanol–water partition coefficient (Wildman–Crippen LogP) is -2.14. The van der Waals surface area contributed by atoms with Gasteiger partial charge in [-0.2, -0.15) is 8.78 Å². The number of carboxylic acid groups (broad SMARTS) is 3. The third-order valence-corrected chi connectivity index (χ3v) is 6.99. The van der Waals surface area contributed by atoms with E-state index in [4.69, 9.17) is 9.47 Å². The van der Waals surface area contributed by atoms with Gasteiger partial charge in [-0.05, 0) is 24.1 Å². The van der Waals surface area contributed by atoms with Crippen LogP contribution in [0.15, 0.2) is 24.3 Å². The van der Waals surface area contributed by atoms with Crippen molar-refractivity contribution >= 4 is 23.9 Å². The van der Waals surface area contributed by atoms with Crippen molar-refractivity contribution in [1.29, 1.82) is 0 Å². The standard InChI is InChI=1S/C27H38F4N4O9/c1-43-24(40)17-34-9-8-32(15-22(36)37)6-7-33(16-23(38)39)10-12-35(13-11-34)21(25(41)42)14-19-2-4-20(5-3-19)44-18-27(30,31)26(28)29/h2-5,21,26H,6-18H2,1H3,(H,36,37)(H,38,39)(H,41,42)/p-2. The molecule has 248 valence electrons. The zero-order chi connectivity index (χ0) is 32.9. The Morgan fingerprint density at radius 3 is 1.70 bits per heavy atom. The average molecular weight is 637 g/mol. The number of hydrogen-bond donors (Lipinski definition) is 1. The zero-order valence-corrected chi connectivity index (χ0v) is 24.2. The molecule has 1 heterocycles. The fourth-order valence-corrected chi connectivity index (χ4v) is 4.51. The second kappa shape index (κ2) is 17.7. The van der Waals surface area contributed by atoms with Gasteiger partial charge in [-0.15, -0.1) is 0 Å².